The first-order chi connectivity index (χ1) is 15.1. The van der Waals surface area contributed by atoms with E-state index in [2.05, 4.69) is 15.0 Å². The molecule has 31 heavy (non-hydrogen) atoms. The summed E-state index contributed by atoms with van der Waals surface area (Å²) in [6.45, 7) is 5.79. The van der Waals surface area contributed by atoms with Gasteiger partial charge in [-0.25, -0.2) is 9.07 Å². The van der Waals surface area contributed by atoms with Crippen molar-refractivity contribution in [3.05, 3.63) is 76.8 Å². The van der Waals surface area contributed by atoms with Gasteiger partial charge in [-0.3, -0.25) is 14.7 Å². The van der Waals surface area contributed by atoms with Crippen LogP contribution in [0.2, 0.25) is 0 Å². The smallest absolute Gasteiger partial charge is 0.264 e. The summed E-state index contributed by atoms with van der Waals surface area (Å²) in [6.07, 6.45) is 1.81. The Labute approximate surface area is 183 Å². The zero-order valence-corrected chi connectivity index (χ0v) is 18.0. The first-order valence-corrected chi connectivity index (χ1v) is 11.1. The molecule has 0 N–H and O–H groups in total. The molecule has 1 aromatic carbocycles. The number of aryl methyl sites for hydroxylation is 1. The van der Waals surface area contributed by atoms with Gasteiger partial charge in [-0.2, -0.15) is 5.10 Å². The molecular weight excluding hydrogens is 413 g/mol. The third-order valence-corrected chi connectivity index (χ3v) is 6.70. The lowest BCUT2D eigenvalue weighted by Crippen LogP contribution is -2.48. The summed E-state index contributed by atoms with van der Waals surface area (Å²) in [4.78, 5) is 23.4. The second-order valence-corrected chi connectivity index (χ2v) is 8.72. The molecule has 0 radical (unpaired) electrons. The molecule has 1 aliphatic heterocycles. The zero-order chi connectivity index (χ0) is 21.4. The minimum atomic E-state index is -0.284. The number of fused-ring (bicyclic) bond motifs is 1. The topological polar surface area (TPSA) is 54.3 Å². The Morgan fingerprint density at radius 1 is 1.10 bits per heavy atom. The average Bonchev–Trinajstić information content (AvgIpc) is 3.36. The Kier molecular flexibility index (Phi) is 5.25. The van der Waals surface area contributed by atoms with Gasteiger partial charge in [0.15, 0.2) is 0 Å². The van der Waals surface area contributed by atoms with Crippen molar-refractivity contribution in [3.63, 3.8) is 0 Å². The molecule has 0 atom stereocenters. The number of rotatable bonds is 4. The Morgan fingerprint density at radius 3 is 2.58 bits per heavy atom. The van der Waals surface area contributed by atoms with Gasteiger partial charge in [0.25, 0.3) is 5.91 Å². The summed E-state index contributed by atoms with van der Waals surface area (Å²) in [5.41, 5.74) is 2.69. The van der Waals surface area contributed by atoms with Gasteiger partial charge in [-0.05, 0) is 49.4 Å². The standard InChI is InChI=1S/C23H22FN5OS/c1-16-20-14-21(31-23(20)29(26-16)19-7-5-17(24)6-8-19)22(30)28-12-10-27(11-13-28)15-18-4-2-3-9-25-18/h2-9,14H,10-13,15H2,1H3. The van der Waals surface area contributed by atoms with E-state index in [0.29, 0.717) is 18.0 Å². The Bertz CT molecular complexity index is 1210. The van der Waals surface area contributed by atoms with Gasteiger partial charge >= 0.3 is 0 Å². The van der Waals surface area contributed by atoms with Crippen molar-refractivity contribution >= 4 is 27.5 Å². The van der Waals surface area contributed by atoms with Gasteiger partial charge in [0, 0.05) is 44.3 Å². The molecule has 0 saturated carbocycles. The Morgan fingerprint density at radius 2 is 1.87 bits per heavy atom. The molecule has 5 rings (SSSR count). The number of aromatic nitrogens is 3. The van der Waals surface area contributed by atoms with Crippen LogP contribution in [0.4, 0.5) is 4.39 Å². The number of thiophene rings is 1. The van der Waals surface area contributed by atoms with Crippen LogP contribution < -0.4 is 0 Å². The summed E-state index contributed by atoms with van der Waals surface area (Å²) >= 11 is 1.44. The first kappa shape index (κ1) is 19.8. The number of benzene rings is 1. The second-order valence-electron chi connectivity index (χ2n) is 7.69. The second kappa shape index (κ2) is 8.20. The van der Waals surface area contributed by atoms with E-state index in [4.69, 9.17) is 0 Å². The Hall–Kier alpha value is -3.10. The molecule has 0 bridgehead atoms. The van der Waals surface area contributed by atoms with Gasteiger partial charge in [-0.15, -0.1) is 11.3 Å². The largest absolute Gasteiger partial charge is 0.335 e. The van der Waals surface area contributed by atoms with Crippen molar-refractivity contribution in [2.75, 3.05) is 26.2 Å². The highest BCUT2D eigenvalue weighted by molar-refractivity contribution is 7.20. The van der Waals surface area contributed by atoms with E-state index in [0.717, 1.165) is 46.9 Å². The lowest BCUT2D eigenvalue weighted by molar-refractivity contribution is 0.0632. The first-order valence-electron chi connectivity index (χ1n) is 10.2. The normalized spacial score (nSPS) is 15.0. The van der Waals surface area contributed by atoms with E-state index in [1.54, 1.807) is 16.8 Å². The van der Waals surface area contributed by atoms with Gasteiger partial charge in [0.2, 0.25) is 0 Å². The molecule has 8 heteroatoms. The number of amides is 1. The fourth-order valence-electron chi connectivity index (χ4n) is 3.90. The summed E-state index contributed by atoms with van der Waals surface area (Å²) in [5, 5.41) is 5.54. The van der Waals surface area contributed by atoms with Crippen molar-refractivity contribution in [2.24, 2.45) is 0 Å². The van der Waals surface area contributed by atoms with Crippen LogP contribution in [-0.4, -0.2) is 56.7 Å². The fourth-order valence-corrected chi connectivity index (χ4v) is 5.05. The number of halogens is 1. The molecule has 1 fully saturated rings. The molecule has 0 aliphatic carbocycles. The van der Waals surface area contributed by atoms with Crippen molar-refractivity contribution in [2.45, 2.75) is 13.5 Å². The van der Waals surface area contributed by atoms with Crippen LogP contribution in [-0.2, 0) is 6.54 Å². The van der Waals surface area contributed by atoms with Gasteiger partial charge in [-0.1, -0.05) is 6.07 Å². The molecule has 0 unspecified atom stereocenters. The van der Waals surface area contributed by atoms with Crippen LogP contribution in [0.1, 0.15) is 21.1 Å². The molecule has 4 aromatic rings. The number of hydrogen-bond donors (Lipinski definition) is 0. The van der Waals surface area contributed by atoms with Crippen molar-refractivity contribution < 1.29 is 9.18 Å². The van der Waals surface area contributed by atoms with E-state index in [1.165, 1.54) is 23.5 Å². The molecule has 6 nitrogen and oxygen atoms in total. The lowest BCUT2D eigenvalue weighted by atomic mass is 10.2. The third-order valence-electron chi connectivity index (χ3n) is 5.60. The monoisotopic (exact) mass is 435 g/mol. The van der Waals surface area contributed by atoms with E-state index >= 15 is 0 Å². The third kappa shape index (κ3) is 3.96. The molecule has 1 amide bonds. The SMILES string of the molecule is Cc1nn(-c2ccc(F)cc2)c2sc(C(=O)N3CCN(Cc4ccccn4)CC3)cc12. The molecule has 0 spiro atoms. The number of hydrogen-bond acceptors (Lipinski definition) is 5. The molecule has 158 valence electrons. The predicted octanol–water partition coefficient (Wildman–Crippen LogP) is 3.89. The van der Waals surface area contributed by atoms with Gasteiger partial charge in [0.1, 0.15) is 10.6 Å². The number of carbonyl (C=O) groups is 1. The maximum Gasteiger partial charge on any atom is 0.264 e. The maximum absolute atomic E-state index is 13.3. The van der Waals surface area contributed by atoms with Crippen molar-refractivity contribution in [3.8, 4) is 5.69 Å². The highest BCUT2D eigenvalue weighted by Crippen LogP contribution is 2.31. The molecular formula is C23H22FN5OS. The van der Waals surface area contributed by atoms with E-state index in [1.807, 2.05) is 42.3 Å². The minimum Gasteiger partial charge on any atom is -0.335 e. The van der Waals surface area contributed by atoms with Crippen LogP contribution in [0, 0.1) is 12.7 Å². The van der Waals surface area contributed by atoms with Crippen molar-refractivity contribution in [1.82, 2.24) is 24.6 Å². The number of pyridine rings is 1. The summed E-state index contributed by atoms with van der Waals surface area (Å²) in [7, 11) is 0. The van der Waals surface area contributed by atoms with Crippen LogP contribution in [0.15, 0.2) is 54.7 Å². The zero-order valence-electron chi connectivity index (χ0n) is 17.2. The molecule has 1 saturated heterocycles. The quantitative estimate of drug-likeness (QED) is 0.488. The highest BCUT2D eigenvalue weighted by Gasteiger charge is 2.25. The van der Waals surface area contributed by atoms with E-state index in [-0.39, 0.29) is 11.7 Å². The molecule has 4 heterocycles. The molecule has 1 aliphatic rings. The maximum atomic E-state index is 13.3. The summed E-state index contributed by atoms with van der Waals surface area (Å²) < 4.78 is 15.1. The van der Waals surface area contributed by atoms with E-state index < -0.39 is 0 Å². The van der Waals surface area contributed by atoms with Crippen LogP contribution in [0.3, 0.4) is 0 Å². The van der Waals surface area contributed by atoms with Crippen molar-refractivity contribution in [1.29, 1.82) is 0 Å². The van der Waals surface area contributed by atoms with E-state index in [9.17, 15) is 9.18 Å². The summed E-state index contributed by atoms with van der Waals surface area (Å²) in [6, 6.07) is 14.1. The van der Waals surface area contributed by atoms with Crippen LogP contribution >= 0.6 is 11.3 Å². The lowest BCUT2D eigenvalue weighted by Gasteiger charge is -2.34. The minimum absolute atomic E-state index is 0.0590. The number of piperazine rings is 1. The number of nitrogens with zero attached hydrogens (tertiary/aromatic N) is 5. The van der Waals surface area contributed by atoms with Gasteiger partial charge in [0.05, 0.1) is 22.0 Å². The summed E-state index contributed by atoms with van der Waals surface area (Å²) in [5.74, 6) is -0.225. The van der Waals surface area contributed by atoms with Crippen LogP contribution in [0.5, 0.6) is 0 Å². The highest BCUT2D eigenvalue weighted by atomic mass is 32.1. The number of carbonyl (C=O) groups excluding carboxylic acids is 1. The Balaban J connectivity index is 1.31. The predicted molar refractivity (Wildman–Crippen MR) is 119 cm³/mol. The molecule has 3 aromatic heterocycles. The van der Waals surface area contributed by atoms with Crippen LogP contribution in [0.25, 0.3) is 15.9 Å². The fraction of sp³-hybridized carbons (Fsp3) is 0.261. The van der Waals surface area contributed by atoms with Gasteiger partial charge < -0.3 is 4.90 Å². The average molecular weight is 436 g/mol.